The third-order valence-corrected chi connectivity index (χ3v) is 3.48. The van der Waals surface area contributed by atoms with Crippen molar-refractivity contribution in [2.45, 2.75) is 26.7 Å². The van der Waals surface area contributed by atoms with Crippen LogP contribution in [0.1, 0.15) is 25.3 Å². The van der Waals surface area contributed by atoms with E-state index >= 15 is 0 Å². The van der Waals surface area contributed by atoms with Crippen LogP contribution in [0, 0.1) is 12.8 Å². The molecule has 0 bridgehead atoms. The number of aryl methyl sites for hydroxylation is 1. The van der Waals surface area contributed by atoms with Crippen LogP contribution < -0.4 is 15.4 Å². The first-order valence-corrected chi connectivity index (χ1v) is 6.97. The summed E-state index contributed by atoms with van der Waals surface area (Å²) in [6, 6.07) is 6.36. The van der Waals surface area contributed by atoms with Crippen molar-refractivity contribution >= 4 is 5.69 Å². The zero-order chi connectivity index (χ0) is 12.8. The lowest BCUT2D eigenvalue weighted by atomic mass is 9.98. The molecule has 1 heterocycles. The van der Waals surface area contributed by atoms with Gasteiger partial charge in [0.15, 0.2) is 0 Å². The van der Waals surface area contributed by atoms with Crippen LogP contribution in [0.5, 0.6) is 5.75 Å². The molecule has 1 fully saturated rings. The van der Waals surface area contributed by atoms with Crippen molar-refractivity contribution in [3.8, 4) is 5.75 Å². The highest BCUT2D eigenvalue weighted by Crippen LogP contribution is 2.26. The highest BCUT2D eigenvalue weighted by molar-refractivity contribution is 5.57. The van der Waals surface area contributed by atoms with E-state index in [0.29, 0.717) is 6.61 Å². The summed E-state index contributed by atoms with van der Waals surface area (Å²) >= 11 is 0. The zero-order valence-corrected chi connectivity index (χ0v) is 11.5. The highest BCUT2D eigenvalue weighted by Gasteiger charge is 2.13. The maximum Gasteiger partial charge on any atom is 0.142 e. The SMILES string of the molecule is CCOc1cc(C)ccc1NCC1CCNCC1. The predicted octanol–water partition coefficient (Wildman–Crippen LogP) is 2.81. The van der Waals surface area contributed by atoms with Gasteiger partial charge in [-0.25, -0.2) is 0 Å². The third kappa shape index (κ3) is 3.64. The van der Waals surface area contributed by atoms with E-state index in [9.17, 15) is 0 Å². The molecular weight excluding hydrogens is 224 g/mol. The molecule has 2 N–H and O–H groups in total. The molecule has 1 aromatic rings. The normalized spacial score (nSPS) is 16.6. The lowest BCUT2D eigenvalue weighted by molar-refractivity contribution is 0.340. The van der Waals surface area contributed by atoms with Crippen LogP contribution in [0.25, 0.3) is 0 Å². The van der Waals surface area contributed by atoms with Crippen molar-refractivity contribution in [1.82, 2.24) is 5.32 Å². The number of nitrogens with one attached hydrogen (secondary N) is 2. The van der Waals surface area contributed by atoms with Crippen LogP contribution >= 0.6 is 0 Å². The van der Waals surface area contributed by atoms with Gasteiger partial charge in [0, 0.05) is 6.54 Å². The topological polar surface area (TPSA) is 33.3 Å². The second-order valence-corrected chi connectivity index (χ2v) is 5.01. The largest absolute Gasteiger partial charge is 0.492 e. The predicted molar refractivity (Wildman–Crippen MR) is 76.4 cm³/mol. The fourth-order valence-corrected chi connectivity index (χ4v) is 2.39. The van der Waals surface area contributed by atoms with E-state index in [2.05, 4.69) is 35.8 Å². The van der Waals surface area contributed by atoms with E-state index in [-0.39, 0.29) is 0 Å². The van der Waals surface area contributed by atoms with Crippen molar-refractivity contribution < 1.29 is 4.74 Å². The Hall–Kier alpha value is -1.22. The van der Waals surface area contributed by atoms with Crippen LogP contribution in [-0.2, 0) is 0 Å². The fourth-order valence-electron chi connectivity index (χ4n) is 2.39. The molecule has 0 amide bonds. The monoisotopic (exact) mass is 248 g/mol. The quantitative estimate of drug-likeness (QED) is 0.840. The summed E-state index contributed by atoms with van der Waals surface area (Å²) < 4.78 is 5.68. The van der Waals surface area contributed by atoms with Crippen molar-refractivity contribution in [3.63, 3.8) is 0 Å². The maximum absolute atomic E-state index is 5.68. The fraction of sp³-hybridized carbons (Fsp3) is 0.600. The van der Waals surface area contributed by atoms with E-state index in [1.54, 1.807) is 0 Å². The van der Waals surface area contributed by atoms with Crippen LogP contribution in [0.3, 0.4) is 0 Å². The molecule has 3 heteroatoms. The van der Waals surface area contributed by atoms with E-state index in [4.69, 9.17) is 4.74 Å². The van der Waals surface area contributed by atoms with E-state index in [1.807, 2.05) is 6.92 Å². The Bertz CT molecular complexity index is 373. The molecule has 0 saturated carbocycles. The smallest absolute Gasteiger partial charge is 0.142 e. The highest BCUT2D eigenvalue weighted by atomic mass is 16.5. The van der Waals surface area contributed by atoms with Gasteiger partial charge in [-0.2, -0.15) is 0 Å². The van der Waals surface area contributed by atoms with Gasteiger partial charge in [0.05, 0.1) is 12.3 Å². The van der Waals surface area contributed by atoms with Crippen LogP contribution in [-0.4, -0.2) is 26.2 Å². The molecule has 1 aromatic carbocycles. The Morgan fingerprint density at radius 3 is 2.83 bits per heavy atom. The zero-order valence-electron chi connectivity index (χ0n) is 11.5. The molecule has 0 spiro atoms. The van der Waals surface area contributed by atoms with Gasteiger partial charge in [-0.15, -0.1) is 0 Å². The van der Waals surface area contributed by atoms with E-state index < -0.39 is 0 Å². The molecule has 0 unspecified atom stereocenters. The minimum absolute atomic E-state index is 0.714. The second kappa shape index (κ2) is 6.64. The molecule has 0 radical (unpaired) electrons. The van der Waals surface area contributed by atoms with Crippen LogP contribution in [0.4, 0.5) is 5.69 Å². The lowest BCUT2D eigenvalue weighted by Crippen LogP contribution is -2.31. The standard InChI is InChI=1S/C15H24N2O/c1-3-18-15-10-12(2)4-5-14(15)17-11-13-6-8-16-9-7-13/h4-5,10,13,16-17H,3,6-9,11H2,1-2H3. The summed E-state index contributed by atoms with van der Waals surface area (Å²) in [6.45, 7) is 8.19. The van der Waals surface area contributed by atoms with Gasteiger partial charge >= 0.3 is 0 Å². The Morgan fingerprint density at radius 1 is 1.33 bits per heavy atom. The number of ether oxygens (including phenoxy) is 1. The summed E-state index contributed by atoms with van der Waals surface area (Å²) in [5, 5.41) is 6.94. The minimum Gasteiger partial charge on any atom is -0.492 e. The summed E-state index contributed by atoms with van der Waals surface area (Å²) in [6.07, 6.45) is 2.53. The molecule has 1 aliphatic heterocycles. The molecule has 100 valence electrons. The number of piperidine rings is 1. The first-order chi connectivity index (χ1) is 8.79. The Labute approximate surface area is 110 Å². The minimum atomic E-state index is 0.714. The summed E-state index contributed by atoms with van der Waals surface area (Å²) in [7, 11) is 0. The number of anilines is 1. The number of rotatable bonds is 5. The first kappa shape index (κ1) is 13.2. The number of hydrogen-bond acceptors (Lipinski definition) is 3. The molecule has 1 saturated heterocycles. The average molecular weight is 248 g/mol. The molecule has 18 heavy (non-hydrogen) atoms. The van der Waals surface area contributed by atoms with E-state index in [1.165, 1.54) is 18.4 Å². The van der Waals surface area contributed by atoms with Gasteiger partial charge in [-0.05, 0) is 63.4 Å². The Morgan fingerprint density at radius 2 is 2.11 bits per heavy atom. The summed E-state index contributed by atoms with van der Waals surface area (Å²) in [5.41, 5.74) is 2.37. The molecule has 0 aromatic heterocycles. The van der Waals surface area contributed by atoms with Gasteiger partial charge in [0.1, 0.15) is 5.75 Å². The Balaban J connectivity index is 1.94. The summed E-state index contributed by atoms with van der Waals surface area (Å²) in [4.78, 5) is 0. The van der Waals surface area contributed by atoms with Crippen molar-refractivity contribution in [2.75, 3.05) is 31.6 Å². The van der Waals surface area contributed by atoms with Gasteiger partial charge in [-0.3, -0.25) is 0 Å². The van der Waals surface area contributed by atoms with Gasteiger partial charge in [0.25, 0.3) is 0 Å². The second-order valence-electron chi connectivity index (χ2n) is 5.01. The van der Waals surface area contributed by atoms with Gasteiger partial charge in [-0.1, -0.05) is 6.07 Å². The average Bonchev–Trinajstić information content (AvgIpc) is 2.39. The van der Waals surface area contributed by atoms with Crippen LogP contribution in [0.15, 0.2) is 18.2 Å². The van der Waals surface area contributed by atoms with Crippen molar-refractivity contribution in [3.05, 3.63) is 23.8 Å². The molecule has 1 aliphatic rings. The molecule has 0 atom stereocenters. The molecule has 2 rings (SSSR count). The molecule has 3 nitrogen and oxygen atoms in total. The van der Waals surface area contributed by atoms with Crippen molar-refractivity contribution in [1.29, 1.82) is 0 Å². The van der Waals surface area contributed by atoms with Gasteiger partial charge < -0.3 is 15.4 Å². The van der Waals surface area contributed by atoms with Gasteiger partial charge in [0.2, 0.25) is 0 Å². The van der Waals surface area contributed by atoms with Crippen molar-refractivity contribution in [2.24, 2.45) is 5.92 Å². The maximum atomic E-state index is 5.68. The lowest BCUT2D eigenvalue weighted by Gasteiger charge is -2.24. The first-order valence-electron chi connectivity index (χ1n) is 6.97. The molecular formula is C15H24N2O. The van der Waals surface area contributed by atoms with Crippen LogP contribution in [0.2, 0.25) is 0 Å². The Kier molecular flexibility index (Phi) is 4.88. The van der Waals surface area contributed by atoms with E-state index in [0.717, 1.165) is 37.0 Å². The number of hydrogen-bond donors (Lipinski definition) is 2. The number of benzene rings is 1. The summed E-state index contributed by atoms with van der Waals surface area (Å²) in [5.74, 6) is 1.76. The third-order valence-electron chi connectivity index (χ3n) is 3.48. The molecule has 0 aliphatic carbocycles.